The van der Waals surface area contributed by atoms with Crippen LogP contribution in [0.15, 0.2) is 54.6 Å². The van der Waals surface area contributed by atoms with Crippen molar-refractivity contribution in [1.82, 2.24) is 10.2 Å². The van der Waals surface area contributed by atoms with Gasteiger partial charge in [-0.2, -0.15) is 0 Å². The molecule has 0 aliphatic carbocycles. The maximum Gasteiger partial charge on any atom is 0.319 e. The third-order valence-corrected chi connectivity index (χ3v) is 4.54. The zero-order valence-electron chi connectivity index (χ0n) is 13.5. The van der Waals surface area contributed by atoms with Crippen molar-refractivity contribution in [2.75, 3.05) is 25.0 Å². The number of anilines is 1. The van der Waals surface area contributed by atoms with Crippen molar-refractivity contribution in [3.63, 3.8) is 0 Å². The molecule has 2 aromatic carbocycles. The van der Waals surface area contributed by atoms with Crippen LogP contribution in [-0.2, 0) is 0 Å². The van der Waals surface area contributed by atoms with Crippen LogP contribution < -0.4 is 10.6 Å². The predicted octanol–water partition coefficient (Wildman–Crippen LogP) is 4.30. The van der Waals surface area contributed by atoms with E-state index in [-0.39, 0.29) is 12.1 Å². The van der Waals surface area contributed by atoms with Crippen LogP contribution >= 0.6 is 11.6 Å². The Balaban J connectivity index is 1.64. The van der Waals surface area contributed by atoms with Crippen LogP contribution in [0.1, 0.15) is 24.4 Å². The molecule has 5 heteroatoms. The second-order valence-corrected chi connectivity index (χ2v) is 6.45. The summed E-state index contributed by atoms with van der Waals surface area (Å²) >= 11 is 6.15. The first-order valence-corrected chi connectivity index (χ1v) is 8.69. The summed E-state index contributed by atoms with van der Waals surface area (Å²) in [5, 5.41) is 6.57. The lowest BCUT2D eigenvalue weighted by Crippen LogP contribution is -2.38. The van der Waals surface area contributed by atoms with Crippen LogP contribution in [0, 0.1) is 0 Å². The zero-order valence-corrected chi connectivity index (χ0v) is 14.3. The fourth-order valence-corrected chi connectivity index (χ4v) is 3.31. The molecule has 0 bridgehead atoms. The molecule has 1 fully saturated rings. The molecule has 1 heterocycles. The summed E-state index contributed by atoms with van der Waals surface area (Å²) in [6.45, 7) is 2.66. The number of likely N-dealkylation sites (tertiary alicyclic amines) is 1. The number of carbonyl (C=O) groups excluding carboxylic acids is 1. The number of nitrogens with one attached hydrogen (secondary N) is 2. The van der Waals surface area contributed by atoms with Gasteiger partial charge in [0.15, 0.2) is 0 Å². The normalized spacial score (nSPS) is 15.9. The van der Waals surface area contributed by atoms with Crippen molar-refractivity contribution >= 4 is 23.3 Å². The van der Waals surface area contributed by atoms with E-state index in [2.05, 4.69) is 21.6 Å². The number of para-hydroxylation sites is 1. The summed E-state index contributed by atoms with van der Waals surface area (Å²) < 4.78 is 0. The molecular formula is C19H22ClN3O. The minimum absolute atomic E-state index is 0.146. The third kappa shape index (κ3) is 4.49. The van der Waals surface area contributed by atoms with Crippen LogP contribution in [0.2, 0.25) is 5.02 Å². The topological polar surface area (TPSA) is 44.4 Å². The van der Waals surface area contributed by atoms with Crippen molar-refractivity contribution < 1.29 is 4.79 Å². The highest BCUT2D eigenvalue weighted by Gasteiger charge is 2.24. The molecule has 2 aromatic rings. The first-order valence-electron chi connectivity index (χ1n) is 8.32. The number of hydrogen-bond donors (Lipinski definition) is 2. The van der Waals surface area contributed by atoms with Gasteiger partial charge in [0.25, 0.3) is 0 Å². The molecule has 1 unspecified atom stereocenters. The van der Waals surface area contributed by atoms with Crippen LogP contribution in [-0.4, -0.2) is 30.6 Å². The number of benzene rings is 2. The first kappa shape index (κ1) is 16.8. The van der Waals surface area contributed by atoms with E-state index < -0.39 is 0 Å². The van der Waals surface area contributed by atoms with Gasteiger partial charge in [0.2, 0.25) is 0 Å². The number of amides is 2. The number of urea groups is 1. The molecule has 0 spiro atoms. The lowest BCUT2D eigenvalue weighted by Gasteiger charge is -2.28. The Morgan fingerprint density at radius 1 is 1.08 bits per heavy atom. The quantitative estimate of drug-likeness (QED) is 0.850. The lowest BCUT2D eigenvalue weighted by atomic mass is 10.1. The van der Waals surface area contributed by atoms with Crippen LogP contribution in [0.3, 0.4) is 0 Å². The summed E-state index contributed by atoms with van der Waals surface area (Å²) in [6, 6.07) is 17.3. The number of nitrogens with zero attached hydrogens (tertiary/aromatic N) is 1. The molecule has 126 valence electrons. The van der Waals surface area contributed by atoms with Crippen LogP contribution in [0.4, 0.5) is 10.5 Å². The van der Waals surface area contributed by atoms with E-state index in [9.17, 15) is 4.79 Å². The van der Waals surface area contributed by atoms with Crippen LogP contribution in [0.25, 0.3) is 0 Å². The Bertz CT molecular complexity index is 671. The van der Waals surface area contributed by atoms with E-state index in [0.29, 0.717) is 6.54 Å². The summed E-state index contributed by atoms with van der Waals surface area (Å²) in [7, 11) is 0. The third-order valence-electron chi connectivity index (χ3n) is 4.30. The molecule has 0 saturated carbocycles. The molecule has 1 saturated heterocycles. The lowest BCUT2D eigenvalue weighted by molar-refractivity contribution is 0.227. The van der Waals surface area contributed by atoms with E-state index in [1.165, 1.54) is 12.8 Å². The minimum atomic E-state index is -0.188. The molecule has 0 radical (unpaired) electrons. The zero-order chi connectivity index (χ0) is 16.8. The molecule has 3 rings (SSSR count). The van der Waals surface area contributed by atoms with Crippen molar-refractivity contribution in [2.24, 2.45) is 0 Å². The molecule has 1 atom stereocenters. The number of hydrogen-bond acceptors (Lipinski definition) is 2. The molecule has 1 aliphatic rings. The summed E-state index contributed by atoms with van der Waals surface area (Å²) in [4.78, 5) is 14.6. The van der Waals surface area contributed by atoms with Gasteiger partial charge in [0, 0.05) is 17.3 Å². The smallest absolute Gasteiger partial charge is 0.319 e. The maximum atomic E-state index is 12.2. The van der Waals surface area contributed by atoms with Crippen molar-refractivity contribution in [3.05, 3.63) is 65.2 Å². The van der Waals surface area contributed by atoms with Gasteiger partial charge in [-0.15, -0.1) is 0 Å². The molecule has 4 nitrogen and oxygen atoms in total. The van der Waals surface area contributed by atoms with Gasteiger partial charge in [0.05, 0.1) is 6.04 Å². The number of halogens is 1. The molecule has 2 N–H and O–H groups in total. The van der Waals surface area contributed by atoms with Crippen LogP contribution in [0.5, 0.6) is 0 Å². The van der Waals surface area contributed by atoms with Gasteiger partial charge in [-0.25, -0.2) is 4.79 Å². The van der Waals surface area contributed by atoms with E-state index in [1.807, 2.05) is 48.5 Å². The standard InChI is InChI=1S/C19H22ClN3O/c20-16-8-6-7-15(13-16)18(23-11-4-5-12-23)14-21-19(24)22-17-9-2-1-3-10-17/h1-3,6-10,13,18H,4-5,11-12,14H2,(H2,21,22,24). The fourth-order valence-electron chi connectivity index (χ4n) is 3.11. The summed E-state index contributed by atoms with van der Waals surface area (Å²) in [6.07, 6.45) is 2.40. The Morgan fingerprint density at radius 3 is 2.54 bits per heavy atom. The van der Waals surface area contributed by atoms with E-state index in [1.54, 1.807) is 0 Å². The van der Waals surface area contributed by atoms with E-state index in [4.69, 9.17) is 11.6 Å². The van der Waals surface area contributed by atoms with Crippen molar-refractivity contribution in [2.45, 2.75) is 18.9 Å². The van der Waals surface area contributed by atoms with Gasteiger partial charge in [-0.05, 0) is 55.8 Å². The Morgan fingerprint density at radius 2 is 1.83 bits per heavy atom. The van der Waals surface area contributed by atoms with Gasteiger partial charge < -0.3 is 10.6 Å². The fraction of sp³-hybridized carbons (Fsp3) is 0.316. The Labute approximate surface area is 147 Å². The largest absolute Gasteiger partial charge is 0.336 e. The molecular weight excluding hydrogens is 322 g/mol. The molecule has 2 amide bonds. The summed E-state index contributed by atoms with van der Waals surface area (Å²) in [5.41, 5.74) is 1.93. The van der Waals surface area contributed by atoms with E-state index in [0.717, 1.165) is 29.4 Å². The SMILES string of the molecule is O=C(NCC(c1cccc(Cl)c1)N1CCCC1)Nc1ccccc1. The van der Waals surface area contributed by atoms with Gasteiger partial charge in [0.1, 0.15) is 0 Å². The molecule has 1 aliphatic heterocycles. The predicted molar refractivity (Wildman–Crippen MR) is 98.5 cm³/mol. The first-order chi connectivity index (χ1) is 11.7. The molecule has 24 heavy (non-hydrogen) atoms. The number of carbonyl (C=O) groups is 1. The summed E-state index contributed by atoms with van der Waals surface area (Å²) in [5.74, 6) is 0. The highest BCUT2D eigenvalue weighted by Crippen LogP contribution is 2.26. The average Bonchev–Trinajstić information content (AvgIpc) is 3.10. The van der Waals surface area contributed by atoms with Crippen molar-refractivity contribution in [1.29, 1.82) is 0 Å². The second-order valence-electron chi connectivity index (χ2n) is 6.01. The Kier molecular flexibility index (Phi) is 5.72. The molecule has 0 aromatic heterocycles. The van der Waals surface area contributed by atoms with Crippen molar-refractivity contribution in [3.8, 4) is 0 Å². The monoisotopic (exact) mass is 343 g/mol. The Hall–Kier alpha value is -2.04. The van der Waals surface area contributed by atoms with Gasteiger partial charge in [-0.1, -0.05) is 41.9 Å². The maximum absolute atomic E-state index is 12.2. The average molecular weight is 344 g/mol. The second kappa shape index (κ2) is 8.18. The highest BCUT2D eigenvalue weighted by atomic mass is 35.5. The highest BCUT2D eigenvalue weighted by molar-refractivity contribution is 6.30. The van der Waals surface area contributed by atoms with Gasteiger partial charge in [-0.3, -0.25) is 4.90 Å². The van der Waals surface area contributed by atoms with Gasteiger partial charge >= 0.3 is 6.03 Å². The minimum Gasteiger partial charge on any atom is -0.336 e. The van der Waals surface area contributed by atoms with E-state index >= 15 is 0 Å². The number of rotatable bonds is 5.